The van der Waals surface area contributed by atoms with Gasteiger partial charge in [0.2, 0.25) is 0 Å². The summed E-state index contributed by atoms with van der Waals surface area (Å²) in [6.45, 7) is 6.15. The third kappa shape index (κ3) is 5.61. The SMILES string of the molecule is CC(C)(C)CC(O)CNC(=O)c1cc(O)cc(O)c1. The molecule has 1 rings (SSSR count). The molecule has 0 spiro atoms. The summed E-state index contributed by atoms with van der Waals surface area (Å²) in [6, 6.07) is 3.65. The first kappa shape index (κ1) is 15.3. The van der Waals surface area contributed by atoms with E-state index in [-0.39, 0.29) is 29.0 Å². The van der Waals surface area contributed by atoms with Crippen LogP contribution in [0.4, 0.5) is 0 Å². The minimum absolute atomic E-state index is 0.0204. The fourth-order valence-electron chi connectivity index (χ4n) is 1.82. The fraction of sp³-hybridized carbons (Fsp3) is 0.500. The average Bonchev–Trinajstić information content (AvgIpc) is 2.22. The van der Waals surface area contributed by atoms with Crippen molar-refractivity contribution in [2.75, 3.05) is 6.54 Å². The first-order valence-corrected chi connectivity index (χ1v) is 6.17. The average molecular weight is 267 g/mol. The lowest BCUT2D eigenvalue weighted by Gasteiger charge is -2.22. The number of aliphatic hydroxyl groups is 1. The molecule has 0 saturated heterocycles. The number of phenolic OH excluding ortho intramolecular Hbond substituents is 2. The number of carbonyl (C=O) groups excluding carboxylic acids is 1. The van der Waals surface area contributed by atoms with Gasteiger partial charge in [0.05, 0.1) is 6.10 Å². The number of carbonyl (C=O) groups is 1. The minimum Gasteiger partial charge on any atom is -0.508 e. The second-order valence-corrected chi connectivity index (χ2v) is 5.87. The van der Waals surface area contributed by atoms with Crippen LogP contribution in [0.2, 0.25) is 0 Å². The Morgan fingerprint density at radius 3 is 2.21 bits per heavy atom. The third-order valence-corrected chi connectivity index (χ3v) is 2.51. The molecule has 0 radical (unpaired) electrons. The molecule has 1 aromatic rings. The molecule has 1 atom stereocenters. The van der Waals surface area contributed by atoms with E-state index >= 15 is 0 Å². The lowest BCUT2D eigenvalue weighted by molar-refractivity contribution is 0.0868. The third-order valence-electron chi connectivity index (χ3n) is 2.51. The van der Waals surface area contributed by atoms with Crippen molar-refractivity contribution >= 4 is 5.91 Å². The highest BCUT2D eigenvalue weighted by atomic mass is 16.3. The van der Waals surface area contributed by atoms with Gasteiger partial charge in [-0.25, -0.2) is 0 Å². The molecular formula is C14H21NO4. The minimum atomic E-state index is -0.630. The summed E-state index contributed by atoms with van der Waals surface area (Å²) < 4.78 is 0. The van der Waals surface area contributed by atoms with Crippen molar-refractivity contribution in [1.82, 2.24) is 5.32 Å². The Morgan fingerprint density at radius 2 is 1.74 bits per heavy atom. The lowest BCUT2D eigenvalue weighted by Crippen LogP contribution is -2.34. The van der Waals surface area contributed by atoms with E-state index in [1.165, 1.54) is 12.1 Å². The standard InChI is InChI=1S/C14H21NO4/c1-14(2,3)7-12(18)8-15-13(19)9-4-10(16)6-11(17)5-9/h4-6,12,16-18H,7-8H2,1-3H3,(H,15,19). The molecule has 0 aliphatic rings. The normalized spacial score (nSPS) is 13.1. The summed E-state index contributed by atoms with van der Waals surface area (Å²) in [4.78, 5) is 11.8. The van der Waals surface area contributed by atoms with Gasteiger partial charge in [0.1, 0.15) is 11.5 Å². The number of aromatic hydroxyl groups is 2. The molecule has 1 unspecified atom stereocenters. The molecule has 106 valence electrons. The smallest absolute Gasteiger partial charge is 0.251 e. The van der Waals surface area contributed by atoms with Gasteiger partial charge in [0.25, 0.3) is 5.91 Å². The van der Waals surface area contributed by atoms with Crippen LogP contribution >= 0.6 is 0 Å². The number of hydrogen-bond acceptors (Lipinski definition) is 4. The van der Waals surface area contributed by atoms with Crippen molar-refractivity contribution in [3.63, 3.8) is 0 Å². The maximum Gasteiger partial charge on any atom is 0.251 e. The first-order chi connectivity index (χ1) is 8.67. The van der Waals surface area contributed by atoms with Gasteiger partial charge in [-0.15, -0.1) is 0 Å². The zero-order valence-electron chi connectivity index (χ0n) is 11.5. The van der Waals surface area contributed by atoms with E-state index in [1.807, 2.05) is 20.8 Å². The van der Waals surface area contributed by atoms with Crippen LogP contribution in [-0.2, 0) is 0 Å². The van der Waals surface area contributed by atoms with Crippen molar-refractivity contribution in [3.05, 3.63) is 23.8 Å². The van der Waals surface area contributed by atoms with E-state index in [0.29, 0.717) is 6.42 Å². The number of amides is 1. The Bertz CT molecular complexity index is 431. The van der Waals surface area contributed by atoms with Crippen molar-refractivity contribution < 1.29 is 20.1 Å². The van der Waals surface area contributed by atoms with Gasteiger partial charge in [0.15, 0.2) is 0 Å². The molecule has 5 nitrogen and oxygen atoms in total. The number of benzene rings is 1. The van der Waals surface area contributed by atoms with Crippen LogP contribution in [0.25, 0.3) is 0 Å². The molecule has 1 aromatic carbocycles. The summed E-state index contributed by atoms with van der Waals surface area (Å²) in [7, 11) is 0. The number of aliphatic hydroxyl groups excluding tert-OH is 1. The van der Waals surface area contributed by atoms with Crippen LogP contribution in [0.5, 0.6) is 11.5 Å². The summed E-state index contributed by atoms with van der Waals surface area (Å²) in [6.07, 6.45) is -0.0617. The van der Waals surface area contributed by atoms with Crippen LogP contribution in [-0.4, -0.2) is 33.9 Å². The lowest BCUT2D eigenvalue weighted by atomic mass is 9.89. The molecule has 0 saturated carbocycles. The second-order valence-electron chi connectivity index (χ2n) is 5.87. The summed E-state index contributed by atoms with van der Waals surface area (Å²) in [5.41, 5.74) is 0.133. The number of phenols is 2. The van der Waals surface area contributed by atoms with Gasteiger partial charge >= 0.3 is 0 Å². The quantitative estimate of drug-likeness (QED) is 0.667. The molecule has 19 heavy (non-hydrogen) atoms. The van der Waals surface area contributed by atoms with Crippen LogP contribution in [0.3, 0.4) is 0 Å². The summed E-state index contributed by atoms with van der Waals surface area (Å²) in [5.74, 6) is -0.806. The Labute approximate surface area is 112 Å². The Morgan fingerprint density at radius 1 is 1.21 bits per heavy atom. The molecule has 0 aliphatic carbocycles. The molecule has 4 N–H and O–H groups in total. The van der Waals surface area contributed by atoms with Crippen molar-refractivity contribution in [2.24, 2.45) is 5.41 Å². The van der Waals surface area contributed by atoms with Crippen LogP contribution in [0.1, 0.15) is 37.6 Å². The predicted octanol–water partition coefficient (Wildman–Crippen LogP) is 1.62. The van der Waals surface area contributed by atoms with E-state index in [2.05, 4.69) is 5.32 Å². The van der Waals surface area contributed by atoms with Gasteiger partial charge in [-0.05, 0) is 24.0 Å². The molecular weight excluding hydrogens is 246 g/mol. The molecule has 1 amide bonds. The van der Waals surface area contributed by atoms with Gasteiger partial charge in [-0.2, -0.15) is 0 Å². The largest absolute Gasteiger partial charge is 0.508 e. The van der Waals surface area contributed by atoms with Crippen molar-refractivity contribution in [2.45, 2.75) is 33.3 Å². The van der Waals surface area contributed by atoms with Crippen molar-refractivity contribution in [3.8, 4) is 11.5 Å². The zero-order valence-corrected chi connectivity index (χ0v) is 11.5. The topological polar surface area (TPSA) is 89.8 Å². The van der Waals surface area contributed by atoms with E-state index in [9.17, 15) is 20.1 Å². The monoisotopic (exact) mass is 267 g/mol. The maximum absolute atomic E-state index is 11.8. The predicted molar refractivity (Wildman–Crippen MR) is 72.2 cm³/mol. The van der Waals surface area contributed by atoms with Crippen LogP contribution in [0.15, 0.2) is 18.2 Å². The van der Waals surface area contributed by atoms with Crippen molar-refractivity contribution in [1.29, 1.82) is 0 Å². The van der Waals surface area contributed by atoms with E-state index in [1.54, 1.807) is 0 Å². The number of nitrogens with one attached hydrogen (secondary N) is 1. The van der Waals surface area contributed by atoms with Crippen LogP contribution in [0, 0.1) is 5.41 Å². The highest BCUT2D eigenvalue weighted by Crippen LogP contribution is 2.21. The molecule has 0 fully saturated rings. The molecule has 5 heteroatoms. The Kier molecular flexibility index (Phi) is 4.78. The first-order valence-electron chi connectivity index (χ1n) is 6.17. The molecule has 0 heterocycles. The molecule has 0 aliphatic heterocycles. The van der Waals surface area contributed by atoms with E-state index < -0.39 is 12.0 Å². The highest BCUT2D eigenvalue weighted by molar-refractivity contribution is 5.95. The summed E-state index contributed by atoms with van der Waals surface area (Å²) >= 11 is 0. The molecule has 0 bridgehead atoms. The Balaban J connectivity index is 2.56. The number of rotatable bonds is 4. The van der Waals surface area contributed by atoms with Gasteiger partial charge in [-0.1, -0.05) is 20.8 Å². The second kappa shape index (κ2) is 5.93. The van der Waals surface area contributed by atoms with Gasteiger partial charge in [0, 0.05) is 18.2 Å². The Hall–Kier alpha value is -1.75. The zero-order chi connectivity index (χ0) is 14.6. The number of hydrogen-bond donors (Lipinski definition) is 4. The molecule has 0 aromatic heterocycles. The maximum atomic E-state index is 11.8. The van der Waals surface area contributed by atoms with Gasteiger partial charge in [-0.3, -0.25) is 4.79 Å². The highest BCUT2D eigenvalue weighted by Gasteiger charge is 2.17. The fourth-order valence-corrected chi connectivity index (χ4v) is 1.82. The van der Waals surface area contributed by atoms with Crippen LogP contribution < -0.4 is 5.32 Å². The van der Waals surface area contributed by atoms with E-state index in [4.69, 9.17) is 0 Å². The summed E-state index contributed by atoms with van der Waals surface area (Å²) in [5, 5.41) is 30.9. The van der Waals surface area contributed by atoms with E-state index in [0.717, 1.165) is 6.07 Å². The van der Waals surface area contributed by atoms with Gasteiger partial charge < -0.3 is 20.6 Å².